The highest BCUT2D eigenvalue weighted by Gasteiger charge is 2.04. The van der Waals surface area contributed by atoms with Crippen LogP contribution in [-0.4, -0.2) is 25.3 Å². The third-order valence-corrected chi connectivity index (χ3v) is 6.53. The summed E-state index contributed by atoms with van der Waals surface area (Å²) in [4.78, 5) is 10.4. The van der Waals surface area contributed by atoms with E-state index in [1.807, 2.05) is 12.1 Å². The van der Waals surface area contributed by atoms with Crippen LogP contribution in [0, 0.1) is 10.4 Å². The smallest absolute Gasteiger partial charge is 0.303 e. The summed E-state index contributed by atoms with van der Waals surface area (Å²) in [5.74, 6) is 1.27. The summed E-state index contributed by atoms with van der Waals surface area (Å²) in [6.45, 7) is 0. The highest BCUT2D eigenvalue weighted by molar-refractivity contribution is 5.87. The molecule has 2 aromatic rings. The predicted octanol–water partition coefficient (Wildman–Crippen LogP) is 7.67. The lowest BCUT2D eigenvalue weighted by Gasteiger charge is -2.08. The first-order valence-electron chi connectivity index (χ1n) is 12.6. The minimum atomic E-state index is -0.671. The van der Waals surface area contributed by atoms with Crippen LogP contribution in [0.2, 0.25) is 0 Å². The van der Waals surface area contributed by atoms with Crippen LogP contribution < -0.4 is 9.47 Å². The van der Waals surface area contributed by atoms with Gasteiger partial charge in [0.1, 0.15) is 11.5 Å². The molecule has 4 heteroatoms. The Balaban J connectivity index is 0.000000335. The van der Waals surface area contributed by atoms with Crippen molar-refractivity contribution in [1.29, 1.82) is 0 Å². The first kappa shape index (κ1) is 25.6. The van der Waals surface area contributed by atoms with Gasteiger partial charge in [0.05, 0.1) is 14.2 Å². The van der Waals surface area contributed by atoms with Crippen LogP contribution in [0.1, 0.15) is 69.8 Å². The van der Waals surface area contributed by atoms with Crippen molar-refractivity contribution < 1.29 is 19.4 Å². The average Bonchev–Trinajstić information content (AvgIpc) is 2.84. The molecule has 0 fully saturated rings. The van der Waals surface area contributed by atoms with E-state index in [1.54, 1.807) is 14.2 Å². The lowest BCUT2D eigenvalue weighted by molar-refractivity contribution is -0.137. The second-order valence-electron chi connectivity index (χ2n) is 8.99. The highest BCUT2D eigenvalue weighted by atomic mass is 16.5. The van der Waals surface area contributed by atoms with Gasteiger partial charge in [0.2, 0.25) is 0 Å². The van der Waals surface area contributed by atoms with Gasteiger partial charge in [0.15, 0.2) is 0 Å². The fourth-order valence-electron chi connectivity index (χ4n) is 4.43. The molecule has 0 spiro atoms. The third-order valence-electron chi connectivity index (χ3n) is 6.53. The molecule has 0 heterocycles. The largest absolute Gasteiger partial charge is 0.497 e. The number of rotatable bonds is 14. The molecule has 4 rings (SSSR count). The quantitative estimate of drug-likeness (QED) is 0.195. The van der Waals surface area contributed by atoms with Crippen LogP contribution in [0.3, 0.4) is 0 Å². The first-order chi connectivity index (χ1) is 16.6. The second-order valence-corrected chi connectivity index (χ2v) is 8.99. The zero-order valence-corrected chi connectivity index (χ0v) is 20.6. The van der Waals surface area contributed by atoms with Gasteiger partial charge in [-0.3, -0.25) is 4.79 Å². The summed E-state index contributed by atoms with van der Waals surface area (Å²) in [6.07, 6.45) is 12.2. The number of ether oxygens (including phenoxy) is 2. The van der Waals surface area contributed by atoms with Crippen molar-refractivity contribution in [1.82, 2.24) is 0 Å². The molecule has 0 radical (unpaired) electrons. The Kier molecular flexibility index (Phi) is 10.3. The van der Waals surface area contributed by atoms with Crippen LogP contribution in [0.5, 0.6) is 11.5 Å². The van der Waals surface area contributed by atoms with Crippen LogP contribution in [0.15, 0.2) is 54.6 Å². The summed E-state index contributed by atoms with van der Waals surface area (Å²) in [5, 5.41) is 13.8. The summed E-state index contributed by atoms with van der Waals surface area (Å²) in [5.41, 5.74) is 1.43. The SMILES string of the molecule is COc1cc2ccc1=2.COc1ccc2c(CCCCCCCCCCCC(=O)O)cccc2c1. The van der Waals surface area contributed by atoms with Gasteiger partial charge in [-0.1, -0.05) is 81.3 Å². The van der Waals surface area contributed by atoms with E-state index in [0.29, 0.717) is 6.42 Å². The number of methoxy groups -OCH3 is 2. The number of unbranched alkanes of at least 4 members (excludes halogenated alkanes) is 8. The molecule has 0 aliphatic heterocycles. The summed E-state index contributed by atoms with van der Waals surface area (Å²) in [7, 11) is 3.41. The standard InChI is InChI=1S/C23H32O3.C7H6O/c1-26-21-16-17-22-19(13-11-14-20(22)18-21)12-9-7-5-3-2-4-6-8-10-15-23(24)25;1-8-7-4-5-2-3-6(5)7/h11,13-14,16-18H,2-10,12,15H2,1H3,(H,24,25);2-4H,1H3. The van der Waals surface area contributed by atoms with Gasteiger partial charge in [-0.05, 0) is 59.0 Å². The second kappa shape index (κ2) is 13.6. The van der Waals surface area contributed by atoms with Gasteiger partial charge in [-0.15, -0.1) is 0 Å². The summed E-state index contributed by atoms with van der Waals surface area (Å²) >= 11 is 0. The Hall–Kier alpha value is -3.01. The van der Waals surface area contributed by atoms with Gasteiger partial charge in [-0.25, -0.2) is 0 Å². The Morgan fingerprint density at radius 3 is 2.00 bits per heavy atom. The molecule has 4 nitrogen and oxygen atoms in total. The number of aryl methyl sites for hydroxylation is 1. The van der Waals surface area contributed by atoms with Crippen molar-refractivity contribution in [2.24, 2.45) is 0 Å². The number of carboxylic acids is 1. The van der Waals surface area contributed by atoms with Crippen molar-refractivity contribution in [3.8, 4) is 11.5 Å². The van der Waals surface area contributed by atoms with E-state index in [9.17, 15) is 4.79 Å². The molecule has 1 N–H and O–H groups in total. The van der Waals surface area contributed by atoms with E-state index in [1.165, 1.54) is 71.7 Å². The van der Waals surface area contributed by atoms with Crippen molar-refractivity contribution in [3.63, 3.8) is 0 Å². The minimum absolute atomic E-state index is 0.320. The fraction of sp³-hybridized carbons (Fsp3) is 0.433. The zero-order chi connectivity index (χ0) is 24.2. The van der Waals surface area contributed by atoms with Crippen LogP contribution >= 0.6 is 0 Å². The molecule has 0 unspecified atom stereocenters. The maximum absolute atomic E-state index is 10.4. The van der Waals surface area contributed by atoms with E-state index in [0.717, 1.165) is 30.8 Å². The predicted molar refractivity (Wildman–Crippen MR) is 139 cm³/mol. The molecule has 2 aliphatic rings. The van der Waals surface area contributed by atoms with Crippen molar-refractivity contribution >= 4 is 16.7 Å². The van der Waals surface area contributed by atoms with Gasteiger partial charge < -0.3 is 14.6 Å². The van der Waals surface area contributed by atoms with Gasteiger partial charge >= 0.3 is 5.97 Å². The van der Waals surface area contributed by atoms with Crippen LogP contribution in [0.4, 0.5) is 0 Å². The zero-order valence-electron chi connectivity index (χ0n) is 20.6. The van der Waals surface area contributed by atoms with Gasteiger partial charge in [0, 0.05) is 11.6 Å². The molecule has 34 heavy (non-hydrogen) atoms. The lowest BCUT2D eigenvalue weighted by atomic mass is 9.98. The summed E-state index contributed by atoms with van der Waals surface area (Å²) in [6, 6.07) is 19.0. The van der Waals surface area contributed by atoms with E-state index < -0.39 is 5.97 Å². The molecule has 0 saturated carbocycles. The number of hydrogen-bond donors (Lipinski definition) is 1. The average molecular weight is 463 g/mol. The molecular weight excluding hydrogens is 424 g/mol. The fourth-order valence-corrected chi connectivity index (χ4v) is 4.43. The monoisotopic (exact) mass is 462 g/mol. The van der Waals surface area contributed by atoms with Crippen LogP contribution in [0.25, 0.3) is 10.8 Å². The molecule has 0 bridgehead atoms. The molecular formula is C30H38O4. The van der Waals surface area contributed by atoms with Gasteiger partial charge in [0.25, 0.3) is 0 Å². The first-order valence-corrected chi connectivity index (χ1v) is 12.6. The van der Waals surface area contributed by atoms with E-state index in [-0.39, 0.29) is 0 Å². The topological polar surface area (TPSA) is 55.8 Å². The van der Waals surface area contributed by atoms with Crippen molar-refractivity contribution in [2.75, 3.05) is 14.2 Å². The van der Waals surface area contributed by atoms with Gasteiger partial charge in [-0.2, -0.15) is 0 Å². The number of aliphatic carboxylic acids is 1. The molecule has 0 saturated heterocycles. The van der Waals surface area contributed by atoms with E-state index in [2.05, 4.69) is 42.5 Å². The number of fused-ring (bicyclic) bond motifs is 1. The van der Waals surface area contributed by atoms with Crippen molar-refractivity contribution in [3.05, 3.63) is 70.6 Å². The molecule has 2 aliphatic carbocycles. The molecule has 0 amide bonds. The normalized spacial score (nSPS) is 11.0. The highest BCUT2D eigenvalue weighted by Crippen LogP contribution is 2.25. The third kappa shape index (κ3) is 7.51. The maximum atomic E-state index is 10.4. The molecule has 182 valence electrons. The maximum Gasteiger partial charge on any atom is 0.303 e. The Morgan fingerprint density at radius 2 is 1.47 bits per heavy atom. The summed E-state index contributed by atoms with van der Waals surface area (Å²) < 4.78 is 10.3. The lowest BCUT2D eigenvalue weighted by Crippen LogP contribution is -1.93. The number of benzene rings is 3. The number of hydrogen-bond acceptors (Lipinski definition) is 3. The van der Waals surface area contributed by atoms with Crippen molar-refractivity contribution in [2.45, 2.75) is 70.6 Å². The van der Waals surface area contributed by atoms with E-state index in [4.69, 9.17) is 14.6 Å². The molecule has 0 aromatic heterocycles. The molecule has 0 atom stereocenters. The Bertz CT molecular complexity index is 1150. The van der Waals surface area contributed by atoms with Crippen LogP contribution in [-0.2, 0) is 11.2 Å². The Labute approximate surface area is 203 Å². The number of carbonyl (C=O) groups is 1. The molecule has 2 aromatic carbocycles. The Morgan fingerprint density at radius 1 is 0.765 bits per heavy atom. The minimum Gasteiger partial charge on any atom is -0.497 e. The van der Waals surface area contributed by atoms with E-state index >= 15 is 0 Å². The number of carboxylic acid groups (broad SMARTS) is 1.